The standard InChI is InChI=1S/C24H27N3O2/c1-18-13-19(2)27(25-18)16-22(28)15-26(17-23-10-6-12-29-23)14-21-9-5-8-20-7-3-4-11-24(20)21/h3-13,22,28H,14-17H2,1-2H3/t22-/m1/s1. The van der Waals surface area contributed by atoms with Crippen molar-refractivity contribution >= 4 is 10.8 Å². The summed E-state index contributed by atoms with van der Waals surface area (Å²) in [7, 11) is 0. The third-order valence-electron chi connectivity index (χ3n) is 5.19. The molecule has 5 heteroatoms. The van der Waals surface area contributed by atoms with Crippen LogP contribution in [0.5, 0.6) is 0 Å². The highest BCUT2D eigenvalue weighted by Crippen LogP contribution is 2.21. The van der Waals surface area contributed by atoms with Gasteiger partial charge in [-0.2, -0.15) is 5.10 Å². The number of hydrogen-bond donors (Lipinski definition) is 1. The van der Waals surface area contributed by atoms with Crippen LogP contribution in [0.4, 0.5) is 0 Å². The maximum absolute atomic E-state index is 10.8. The zero-order valence-corrected chi connectivity index (χ0v) is 17.0. The molecule has 4 rings (SSSR count). The highest BCUT2D eigenvalue weighted by molar-refractivity contribution is 5.85. The van der Waals surface area contributed by atoms with E-state index in [1.807, 2.05) is 36.7 Å². The monoisotopic (exact) mass is 389 g/mol. The molecule has 1 N–H and O–H groups in total. The van der Waals surface area contributed by atoms with Gasteiger partial charge in [0, 0.05) is 18.8 Å². The maximum atomic E-state index is 10.8. The molecule has 2 aromatic carbocycles. The molecule has 150 valence electrons. The van der Waals surface area contributed by atoms with Gasteiger partial charge >= 0.3 is 0 Å². The van der Waals surface area contributed by atoms with Gasteiger partial charge in [-0.15, -0.1) is 0 Å². The number of nitrogens with zero attached hydrogens (tertiary/aromatic N) is 3. The van der Waals surface area contributed by atoms with Crippen LogP contribution in [-0.4, -0.2) is 32.4 Å². The molecule has 0 radical (unpaired) electrons. The Hall–Kier alpha value is -2.89. The quantitative estimate of drug-likeness (QED) is 0.488. The number of benzene rings is 2. The summed E-state index contributed by atoms with van der Waals surface area (Å²) in [6, 6.07) is 20.7. The van der Waals surface area contributed by atoms with Gasteiger partial charge in [-0.25, -0.2) is 0 Å². The van der Waals surface area contributed by atoms with Gasteiger partial charge in [0.25, 0.3) is 0 Å². The number of aliphatic hydroxyl groups excluding tert-OH is 1. The van der Waals surface area contributed by atoms with E-state index in [9.17, 15) is 5.11 Å². The van der Waals surface area contributed by atoms with Crippen LogP contribution in [-0.2, 0) is 19.6 Å². The topological polar surface area (TPSA) is 54.4 Å². The van der Waals surface area contributed by atoms with E-state index in [2.05, 4.69) is 52.5 Å². The van der Waals surface area contributed by atoms with Crippen LogP contribution in [0.1, 0.15) is 22.7 Å². The van der Waals surface area contributed by atoms with E-state index < -0.39 is 6.10 Å². The first-order chi connectivity index (χ1) is 14.1. The van der Waals surface area contributed by atoms with E-state index in [1.165, 1.54) is 16.3 Å². The molecule has 0 saturated heterocycles. The summed E-state index contributed by atoms with van der Waals surface area (Å²) in [5.41, 5.74) is 3.28. The molecular weight excluding hydrogens is 362 g/mol. The Morgan fingerprint density at radius 1 is 1.03 bits per heavy atom. The summed E-state index contributed by atoms with van der Waals surface area (Å²) in [5, 5.41) is 17.7. The van der Waals surface area contributed by atoms with E-state index in [4.69, 9.17) is 4.42 Å². The Morgan fingerprint density at radius 2 is 1.86 bits per heavy atom. The zero-order valence-electron chi connectivity index (χ0n) is 17.0. The van der Waals surface area contributed by atoms with Crippen LogP contribution in [0.2, 0.25) is 0 Å². The van der Waals surface area contributed by atoms with Crippen molar-refractivity contribution in [1.82, 2.24) is 14.7 Å². The van der Waals surface area contributed by atoms with E-state index in [1.54, 1.807) is 6.26 Å². The minimum absolute atomic E-state index is 0.476. The molecule has 1 atom stereocenters. The molecule has 0 aliphatic rings. The van der Waals surface area contributed by atoms with Crippen molar-refractivity contribution in [2.45, 2.75) is 39.6 Å². The lowest BCUT2D eigenvalue weighted by molar-refractivity contribution is 0.0841. The number of aliphatic hydroxyl groups is 1. The summed E-state index contributed by atoms with van der Waals surface area (Å²) < 4.78 is 7.45. The summed E-state index contributed by atoms with van der Waals surface area (Å²) in [6.07, 6.45) is 1.16. The van der Waals surface area contributed by atoms with Crippen molar-refractivity contribution in [2.75, 3.05) is 6.54 Å². The van der Waals surface area contributed by atoms with E-state index in [0.717, 1.165) is 23.7 Å². The molecule has 0 bridgehead atoms. The SMILES string of the molecule is Cc1cc(C)n(C[C@H](O)CN(Cc2ccco2)Cc2cccc3ccccc23)n1. The second-order valence-electron chi connectivity index (χ2n) is 7.65. The molecular formula is C24H27N3O2. The van der Waals surface area contributed by atoms with Crippen LogP contribution in [0, 0.1) is 13.8 Å². The van der Waals surface area contributed by atoms with E-state index >= 15 is 0 Å². The van der Waals surface area contributed by atoms with Crippen molar-refractivity contribution in [1.29, 1.82) is 0 Å². The van der Waals surface area contributed by atoms with Crippen LogP contribution < -0.4 is 0 Å². The van der Waals surface area contributed by atoms with Gasteiger partial charge in [0.1, 0.15) is 5.76 Å². The fraction of sp³-hybridized carbons (Fsp3) is 0.292. The van der Waals surface area contributed by atoms with Crippen molar-refractivity contribution in [3.8, 4) is 0 Å². The molecule has 0 saturated carbocycles. The predicted octanol–water partition coefficient (Wildman–Crippen LogP) is 4.31. The Morgan fingerprint density at radius 3 is 2.62 bits per heavy atom. The normalized spacial score (nSPS) is 12.7. The first kappa shape index (κ1) is 19.4. The Labute approximate surface area is 171 Å². The zero-order chi connectivity index (χ0) is 20.2. The van der Waals surface area contributed by atoms with E-state index in [0.29, 0.717) is 19.6 Å². The van der Waals surface area contributed by atoms with Crippen LogP contribution in [0.3, 0.4) is 0 Å². The molecule has 2 aromatic heterocycles. The minimum atomic E-state index is -0.530. The predicted molar refractivity (Wildman–Crippen MR) is 114 cm³/mol. The molecule has 4 aromatic rings. The second-order valence-corrected chi connectivity index (χ2v) is 7.65. The van der Waals surface area contributed by atoms with Crippen molar-refractivity contribution in [2.24, 2.45) is 0 Å². The molecule has 0 aliphatic carbocycles. The Bertz CT molecular complexity index is 1060. The van der Waals surface area contributed by atoms with E-state index in [-0.39, 0.29) is 0 Å². The van der Waals surface area contributed by atoms with Gasteiger partial charge < -0.3 is 9.52 Å². The summed E-state index contributed by atoms with van der Waals surface area (Å²) in [5.74, 6) is 0.892. The number of furan rings is 1. The lowest BCUT2D eigenvalue weighted by Gasteiger charge is -2.25. The van der Waals surface area contributed by atoms with Gasteiger partial charge in [-0.05, 0) is 48.4 Å². The molecule has 0 spiro atoms. The van der Waals surface area contributed by atoms with Gasteiger partial charge in [-0.1, -0.05) is 42.5 Å². The van der Waals surface area contributed by atoms with Crippen LogP contribution in [0.15, 0.2) is 71.3 Å². The van der Waals surface area contributed by atoms with Gasteiger partial charge in [0.2, 0.25) is 0 Å². The average molecular weight is 389 g/mol. The summed E-state index contributed by atoms with van der Waals surface area (Å²) >= 11 is 0. The summed E-state index contributed by atoms with van der Waals surface area (Å²) in [4.78, 5) is 2.23. The number of hydrogen-bond acceptors (Lipinski definition) is 4. The number of aryl methyl sites for hydroxylation is 2. The molecule has 0 unspecified atom stereocenters. The van der Waals surface area contributed by atoms with Gasteiger partial charge in [-0.3, -0.25) is 9.58 Å². The lowest BCUT2D eigenvalue weighted by atomic mass is 10.0. The highest BCUT2D eigenvalue weighted by Gasteiger charge is 2.17. The molecule has 0 amide bonds. The van der Waals surface area contributed by atoms with Crippen LogP contribution in [0.25, 0.3) is 10.8 Å². The fourth-order valence-electron chi connectivity index (χ4n) is 3.89. The third-order valence-corrected chi connectivity index (χ3v) is 5.19. The van der Waals surface area contributed by atoms with Crippen molar-refractivity contribution in [3.63, 3.8) is 0 Å². The van der Waals surface area contributed by atoms with Crippen molar-refractivity contribution < 1.29 is 9.52 Å². The number of fused-ring (bicyclic) bond motifs is 1. The average Bonchev–Trinajstić information content (AvgIpc) is 3.31. The highest BCUT2D eigenvalue weighted by atomic mass is 16.3. The third kappa shape index (κ3) is 4.75. The smallest absolute Gasteiger partial charge is 0.117 e. The number of rotatable bonds is 8. The number of aromatic nitrogens is 2. The minimum Gasteiger partial charge on any atom is -0.468 e. The fourth-order valence-corrected chi connectivity index (χ4v) is 3.89. The summed E-state index contributed by atoms with van der Waals surface area (Å²) in [6.45, 7) is 6.37. The molecule has 2 heterocycles. The maximum Gasteiger partial charge on any atom is 0.117 e. The molecule has 0 fully saturated rings. The first-order valence-electron chi connectivity index (χ1n) is 9.99. The molecule has 5 nitrogen and oxygen atoms in total. The van der Waals surface area contributed by atoms with Crippen LogP contribution >= 0.6 is 0 Å². The first-order valence-corrected chi connectivity index (χ1v) is 9.99. The molecule has 29 heavy (non-hydrogen) atoms. The largest absolute Gasteiger partial charge is 0.468 e. The Kier molecular flexibility index (Phi) is 5.79. The molecule has 0 aliphatic heterocycles. The van der Waals surface area contributed by atoms with Crippen molar-refractivity contribution in [3.05, 3.63) is 89.6 Å². The van der Waals surface area contributed by atoms with Gasteiger partial charge in [0.05, 0.1) is 31.2 Å². The van der Waals surface area contributed by atoms with Gasteiger partial charge in [0.15, 0.2) is 0 Å². The second kappa shape index (κ2) is 8.64. The Balaban J connectivity index is 1.53. The lowest BCUT2D eigenvalue weighted by Crippen LogP contribution is -2.34.